The van der Waals surface area contributed by atoms with E-state index in [2.05, 4.69) is 26.1 Å². The molecule has 8 heteroatoms. The summed E-state index contributed by atoms with van der Waals surface area (Å²) in [6.07, 6.45) is 4.63. The first kappa shape index (κ1) is 18.2. The van der Waals surface area contributed by atoms with Crippen LogP contribution in [-0.4, -0.2) is 48.0 Å². The molecule has 3 aromatic heterocycles. The van der Waals surface area contributed by atoms with Crippen LogP contribution in [-0.2, 0) is 4.79 Å². The molecule has 0 spiro atoms. The zero-order chi connectivity index (χ0) is 19.1. The van der Waals surface area contributed by atoms with Gasteiger partial charge in [0.2, 0.25) is 5.91 Å². The molecule has 0 radical (unpaired) electrons. The number of nitrogens with zero attached hydrogens (tertiary/aromatic N) is 6. The van der Waals surface area contributed by atoms with Gasteiger partial charge in [-0.2, -0.15) is 5.10 Å². The smallest absolute Gasteiger partial charge is 0.224 e. The first-order chi connectivity index (χ1) is 12.9. The number of carbonyl (C=O) groups excluding carboxylic acids is 1. The molecule has 0 bridgehead atoms. The monoisotopic (exact) mass is 386 g/mol. The lowest BCUT2D eigenvalue weighted by Crippen LogP contribution is -2.40. The lowest BCUT2D eigenvalue weighted by atomic mass is 9.95. The van der Waals surface area contributed by atoms with Crippen LogP contribution >= 0.6 is 11.3 Å². The van der Waals surface area contributed by atoms with Crippen molar-refractivity contribution in [2.45, 2.75) is 58.9 Å². The fourth-order valence-electron chi connectivity index (χ4n) is 4.11. The van der Waals surface area contributed by atoms with Crippen molar-refractivity contribution in [2.24, 2.45) is 0 Å². The fourth-order valence-corrected chi connectivity index (χ4v) is 5.06. The van der Waals surface area contributed by atoms with Crippen LogP contribution in [0.2, 0.25) is 0 Å². The minimum Gasteiger partial charge on any atom is -0.342 e. The zero-order valence-electron chi connectivity index (χ0n) is 16.3. The number of rotatable bonds is 4. The Hall–Kier alpha value is -2.22. The molecule has 3 aromatic rings. The molecule has 1 aliphatic heterocycles. The summed E-state index contributed by atoms with van der Waals surface area (Å²) in [5, 5.41) is 6.53. The van der Waals surface area contributed by atoms with E-state index in [-0.39, 0.29) is 11.9 Å². The number of amides is 1. The van der Waals surface area contributed by atoms with E-state index in [1.165, 1.54) is 4.83 Å². The Bertz CT molecular complexity index is 970. The van der Waals surface area contributed by atoms with Crippen LogP contribution < -0.4 is 0 Å². The molecule has 0 aliphatic carbocycles. The quantitative estimate of drug-likeness (QED) is 0.690. The lowest BCUT2D eigenvalue weighted by molar-refractivity contribution is -0.133. The van der Waals surface area contributed by atoms with Crippen LogP contribution in [0.25, 0.3) is 4.83 Å². The Kier molecular flexibility index (Phi) is 4.75. The third-order valence-electron chi connectivity index (χ3n) is 5.41. The second-order valence-electron chi connectivity index (χ2n) is 7.51. The largest absolute Gasteiger partial charge is 0.342 e. The molecule has 1 saturated heterocycles. The van der Waals surface area contributed by atoms with E-state index in [1.807, 2.05) is 37.3 Å². The highest BCUT2D eigenvalue weighted by atomic mass is 32.1. The van der Waals surface area contributed by atoms with Crippen LogP contribution in [0.3, 0.4) is 0 Å². The molecule has 0 N–H and O–H groups in total. The summed E-state index contributed by atoms with van der Waals surface area (Å²) in [4.78, 5) is 25.3. The van der Waals surface area contributed by atoms with Gasteiger partial charge in [0.25, 0.3) is 0 Å². The number of thiazole rings is 1. The number of hydrogen-bond donors (Lipinski definition) is 0. The number of carbonyl (C=O) groups is 1. The van der Waals surface area contributed by atoms with E-state index >= 15 is 0 Å². The number of imidazole rings is 1. The zero-order valence-corrected chi connectivity index (χ0v) is 17.2. The van der Waals surface area contributed by atoms with Gasteiger partial charge in [0.1, 0.15) is 22.3 Å². The number of hydrogen-bond acceptors (Lipinski definition) is 5. The molecular formula is C19H26N6OS. The van der Waals surface area contributed by atoms with Crippen molar-refractivity contribution >= 4 is 22.1 Å². The van der Waals surface area contributed by atoms with E-state index < -0.39 is 0 Å². The summed E-state index contributed by atoms with van der Waals surface area (Å²) in [6.45, 7) is 9.48. The molecule has 27 heavy (non-hydrogen) atoms. The van der Waals surface area contributed by atoms with Gasteiger partial charge in [0, 0.05) is 37.0 Å². The highest BCUT2D eigenvalue weighted by Gasteiger charge is 2.29. The third kappa shape index (κ3) is 3.38. The summed E-state index contributed by atoms with van der Waals surface area (Å²) < 4.78 is 4.02. The third-order valence-corrected chi connectivity index (χ3v) is 6.30. The average molecular weight is 387 g/mol. The van der Waals surface area contributed by atoms with E-state index in [9.17, 15) is 4.79 Å². The van der Waals surface area contributed by atoms with Crippen LogP contribution in [0.1, 0.15) is 61.3 Å². The number of piperidine rings is 1. The predicted octanol–water partition coefficient (Wildman–Crippen LogP) is 3.27. The average Bonchev–Trinajstić information content (AvgIpc) is 3.32. The Morgan fingerprint density at radius 3 is 2.85 bits per heavy atom. The number of fused-ring (bicyclic) bond motifs is 1. The normalized spacial score (nSPS) is 19.0. The van der Waals surface area contributed by atoms with Crippen molar-refractivity contribution in [3.8, 4) is 0 Å². The van der Waals surface area contributed by atoms with Crippen molar-refractivity contribution in [1.29, 1.82) is 0 Å². The van der Waals surface area contributed by atoms with Gasteiger partial charge in [-0.15, -0.1) is 11.3 Å². The summed E-state index contributed by atoms with van der Waals surface area (Å²) in [5.74, 6) is 3.14. The highest BCUT2D eigenvalue weighted by molar-refractivity contribution is 7.15. The molecule has 1 amide bonds. The maximum atomic E-state index is 12.9. The fraction of sp³-hybridized carbons (Fsp3) is 0.579. The predicted molar refractivity (Wildman–Crippen MR) is 105 cm³/mol. The Balaban J connectivity index is 1.47. The molecule has 2 unspecified atom stereocenters. The summed E-state index contributed by atoms with van der Waals surface area (Å²) in [5.41, 5.74) is 1.15. The van der Waals surface area contributed by atoms with E-state index in [1.54, 1.807) is 11.3 Å². The number of aryl methyl sites for hydroxylation is 3. The molecule has 1 fully saturated rings. The first-order valence-electron chi connectivity index (χ1n) is 9.53. The van der Waals surface area contributed by atoms with E-state index in [4.69, 9.17) is 4.98 Å². The summed E-state index contributed by atoms with van der Waals surface area (Å²) >= 11 is 1.73. The van der Waals surface area contributed by atoms with Crippen molar-refractivity contribution in [1.82, 2.24) is 29.0 Å². The molecule has 1 aliphatic rings. The van der Waals surface area contributed by atoms with Crippen molar-refractivity contribution in [3.63, 3.8) is 0 Å². The van der Waals surface area contributed by atoms with Gasteiger partial charge < -0.3 is 4.90 Å². The molecular weight excluding hydrogens is 360 g/mol. The van der Waals surface area contributed by atoms with Crippen LogP contribution in [0, 0.1) is 20.8 Å². The van der Waals surface area contributed by atoms with Crippen LogP contribution in [0.15, 0.2) is 11.6 Å². The number of likely N-dealkylation sites (tertiary alicyclic amines) is 1. The molecule has 4 heterocycles. The minimum atomic E-state index is 0.0120. The van der Waals surface area contributed by atoms with Gasteiger partial charge in [-0.25, -0.2) is 14.6 Å². The number of aromatic nitrogens is 5. The molecule has 4 rings (SSSR count). The van der Waals surface area contributed by atoms with Gasteiger partial charge >= 0.3 is 0 Å². The summed E-state index contributed by atoms with van der Waals surface area (Å²) in [6, 6.07) is 0.0120. The second-order valence-corrected chi connectivity index (χ2v) is 8.40. The first-order valence-corrected chi connectivity index (χ1v) is 10.4. The van der Waals surface area contributed by atoms with Crippen molar-refractivity contribution in [3.05, 3.63) is 34.7 Å². The van der Waals surface area contributed by atoms with Gasteiger partial charge in [-0.1, -0.05) is 0 Å². The van der Waals surface area contributed by atoms with Gasteiger partial charge in [-0.05, 0) is 40.5 Å². The Labute approximate surface area is 163 Å². The Morgan fingerprint density at radius 1 is 1.30 bits per heavy atom. The lowest BCUT2D eigenvalue weighted by Gasteiger charge is -2.33. The van der Waals surface area contributed by atoms with Crippen molar-refractivity contribution < 1.29 is 4.79 Å². The maximum absolute atomic E-state index is 12.9. The van der Waals surface area contributed by atoms with Crippen LogP contribution in [0.5, 0.6) is 0 Å². The Morgan fingerprint density at radius 2 is 2.11 bits per heavy atom. The molecule has 2 atom stereocenters. The van der Waals surface area contributed by atoms with E-state index in [0.29, 0.717) is 12.3 Å². The standard InChI is InChI=1S/C19H26N6OS/c1-12(25-15(4)20-13(2)22-25)10-17(26)23-7-5-6-16(11-23)18-19-24(8-9-27-19)14(3)21-18/h8-9,12,16H,5-7,10-11H2,1-4H3. The minimum absolute atomic E-state index is 0.0120. The van der Waals surface area contributed by atoms with Gasteiger partial charge in [0.15, 0.2) is 0 Å². The van der Waals surface area contributed by atoms with Crippen molar-refractivity contribution in [2.75, 3.05) is 13.1 Å². The van der Waals surface area contributed by atoms with Gasteiger partial charge in [0.05, 0.1) is 11.7 Å². The SMILES string of the molecule is Cc1nc(C)n(C(C)CC(=O)N2CCCC(c3nc(C)n4ccsc34)C2)n1. The summed E-state index contributed by atoms with van der Waals surface area (Å²) in [7, 11) is 0. The second kappa shape index (κ2) is 7.07. The van der Waals surface area contributed by atoms with E-state index in [0.717, 1.165) is 49.1 Å². The molecule has 0 aromatic carbocycles. The van der Waals surface area contributed by atoms with Gasteiger partial charge in [-0.3, -0.25) is 9.20 Å². The maximum Gasteiger partial charge on any atom is 0.224 e. The molecule has 0 saturated carbocycles. The van der Waals surface area contributed by atoms with Crippen LogP contribution in [0.4, 0.5) is 0 Å². The molecule has 7 nitrogen and oxygen atoms in total. The molecule has 144 valence electrons. The topological polar surface area (TPSA) is 68.3 Å². The highest BCUT2D eigenvalue weighted by Crippen LogP contribution is 2.32.